The number of rotatable bonds is 5. The average molecular weight is 447 g/mol. The Labute approximate surface area is 192 Å². The topological polar surface area (TPSA) is 70.0 Å². The third-order valence-corrected chi connectivity index (χ3v) is 6.63. The molecule has 2 aromatic carbocycles. The molecule has 164 valence electrons. The fraction of sp³-hybridized carbons (Fsp3) is 0.269. The minimum Gasteiger partial charge on any atom is -0.478 e. The lowest BCUT2D eigenvalue weighted by Gasteiger charge is -2.30. The molecule has 0 unspecified atom stereocenters. The van der Waals surface area contributed by atoms with Gasteiger partial charge in [0, 0.05) is 6.04 Å². The van der Waals surface area contributed by atoms with Crippen molar-refractivity contribution in [3.05, 3.63) is 82.3 Å². The van der Waals surface area contributed by atoms with E-state index in [1.165, 1.54) is 18.2 Å². The van der Waals surface area contributed by atoms with Crippen LogP contribution >= 0.6 is 11.8 Å². The Hall–Kier alpha value is -3.12. The molecule has 0 atom stereocenters. The zero-order valence-corrected chi connectivity index (χ0v) is 18.8. The summed E-state index contributed by atoms with van der Waals surface area (Å²) < 4.78 is 0. The van der Waals surface area contributed by atoms with Gasteiger partial charge in [-0.15, -0.1) is 0 Å². The highest BCUT2D eigenvalue weighted by Gasteiger charge is 2.38. The Morgan fingerprint density at radius 1 is 1.09 bits per heavy atom. The first-order valence-corrected chi connectivity index (χ1v) is 11.7. The Morgan fingerprint density at radius 2 is 1.84 bits per heavy atom. The Morgan fingerprint density at radius 3 is 2.56 bits per heavy atom. The second-order valence-electron chi connectivity index (χ2n) is 8.13. The van der Waals surface area contributed by atoms with Crippen molar-refractivity contribution >= 4 is 40.6 Å². The number of nitrogens with zero attached hydrogens (tertiary/aromatic N) is 2. The number of carbonyl (C=O) groups is 2. The van der Waals surface area contributed by atoms with Gasteiger partial charge in [0.25, 0.3) is 5.91 Å². The highest BCUT2D eigenvalue weighted by Crippen LogP contribution is 2.38. The van der Waals surface area contributed by atoms with E-state index in [9.17, 15) is 14.7 Å². The monoisotopic (exact) mass is 446 g/mol. The fourth-order valence-corrected chi connectivity index (χ4v) is 5.21. The van der Waals surface area contributed by atoms with Crippen molar-refractivity contribution in [2.75, 3.05) is 0 Å². The summed E-state index contributed by atoms with van der Waals surface area (Å²) in [6, 6.07) is 16.7. The maximum atomic E-state index is 13.4. The van der Waals surface area contributed by atoms with Gasteiger partial charge < -0.3 is 5.11 Å². The van der Waals surface area contributed by atoms with Gasteiger partial charge in [-0.05, 0) is 66.9 Å². The van der Waals surface area contributed by atoms with Crippen molar-refractivity contribution in [3.63, 3.8) is 0 Å². The summed E-state index contributed by atoms with van der Waals surface area (Å²) in [6.07, 6.45) is 9.31. The van der Waals surface area contributed by atoms with Gasteiger partial charge in [0.2, 0.25) is 0 Å². The van der Waals surface area contributed by atoms with Crippen LogP contribution in [0.1, 0.15) is 54.9 Å². The molecule has 0 spiro atoms. The van der Waals surface area contributed by atoms with Crippen LogP contribution in [0, 0.1) is 0 Å². The highest BCUT2D eigenvalue weighted by atomic mass is 32.2. The molecule has 1 saturated carbocycles. The van der Waals surface area contributed by atoms with Gasteiger partial charge in [-0.1, -0.05) is 61.7 Å². The molecule has 1 aliphatic heterocycles. The largest absolute Gasteiger partial charge is 0.478 e. The van der Waals surface area contributed by atoms with Gasteiger partial charge in [-0.2, -0.15) is 0 Å². The molecule has 2 fully saturated rings. The second kappa shape index (κ2) is 10.0. The predicted octanol–water partition coefficient (Wildman–Crippen LogP) is 6.27. The van der Waals surface area contributed by atoms with E-state index in [0.29, 0.717) is 15.8 Å². The molecule has 1 aliphatic carbocycles. The lowest BCUT2D eigenvalue weighted by atomic mass is 9.94. The van der Waals surface area contributed by atoms with Gasteiger partial charge >= 0.3 is 5.97 Å². The second-order valence-corrected chi connectivity index (χ2v) is 9.14. The van der Waals surface area contributed by atoms with Gasteiger partial charge in [0.05, 0.1) is 16.2 Å². The van der Waals surface area contributed by atoms with E-state index in [1.807, 2.05) is 48.2 Å². The van der Waals surface area contributed by atoms with Crippen molar-refractivity contribution in [1.29, 1.82) is 0 Å². The quantitative estimate of drug-likeness (QED) is 0.550. The molecule has 2 aromatic rings. The summed E-state index contributed by atoms with van der Waals surface area (Å²) in [5.41, 5.74) is 2.80. The van der Waals surface area contributed by atoms with E-state index < -0.39 is 5.97 Å². The number of hydrogen-bond donors (Lipinski definition) is 1. The van der Waals surface area contributed by atoms with Crippen molar-refractivity contribution in [1.82, 2.24) is 4.90 Å². The summed E-state index contributed by atoms with van der Waals surface area (Å²) in [7, 11) is 0. The molecule has 1 heterocycles. The van der Waals surface area contributed by atoms with E-state index in [2.05, 4.69) is 6.08 Å². The first-order chi connectivity index (χ1) is 15.5. The van der Waals surface area contributed by atoms with Gasteiger partial charge in [0.1, 0.15) is 0 Å². The molecule has 1 N–H and O–H groups in total. The number of hydrogen-bond acceptors (Lipinski definition) is 4. The molecule has 0 radical (unpaired) electrons. The molecule has 1 amide bonds. The molecule has 5 nitrogen and oxygen atoms in total. The molecular weight excluding hydrogens is 420 g/mol. The van der Waals surface area contributed by atoms with E-state index in [1.54, 1.807) is 24.3 Å². The van der Waals surface area contributed by atoms with Crippen LogP contribution in [0.4, 0.5) is 5.69 Å². The van der Waals surface area contributed by atoms with Crippen LogP contribution in [-0.4, -0.2) is 33.1 Å². The van der Waals surface area contributed by atoms with Crippen molar-refractivity contribution in [2.45, 2.75) is 45.1 Å². The third kappa shape index (κ3) is 5.19. The van der Waals surface area contributed by atoms with Crippen molar-refractivity contribution < 1.29 is 14.7 Å². The highest BCUT2D eigenvalue weighted by molar-refractivity contribution is 8.18. The van der Waals surface area contributed by atoms with Crippen molar-refractivity contribution in [3.8, 4) is 0 Å². The number of aromatic carboxylic acids is 1. The van der Waals surface area contributed by atoms with Gasteiger partial charge in [-0.25, -0.2) is 9.79 Å². The maximum absolute atomic E-state index is 13.4. The molecule has 32 heavy (non-hydrogen) atoms. The molecular formula is C26H26N2O3S. The van der Waals surface area contributed by atoms with Crippen LogP contribution in [0.5, 0.6) is 0 Å². The molecule has 1 saturated heterocycles. The SMILES string of the molecule is CC(/C=C1\SC(=Nc2cccc(C(=O)O)c2)N(C2CCCCC2)C1=O)=C\c1ccccc1. The third-order valence-electron chi connectivity index (χ3n) is 5.65. The number of aliphatic imine (C=N–C) groups is 1. The molecule has 4 rings (SSSR count). The summed E-state index contributed by atoms with van der Waals surface area (Å²) in [5, 5.41) is 9.92. The fourth-order valence-electron chi connectivity index (χ4n) is 4.11. The molecule has 0 aromatic heterocycles. The number of carboxylic acid groups (broad SMARTS) is 1. The van der Waals surface area contributed by atoms with E-state index in [-0.39, 0.29) is 17.5 Å². The van der Waals surface area contributed by atoms with Crippen LogP contribution in [0.25, 0.3) is 6.08 Å². The van der Waals surface area contributed by atoms with E-state index >= 15 is 0 Å². The van der Waals surface area contributed by atoms with Crippen LogP contribution in [-0.2, 0) is 4.79 Å². The van der Waals surface area contributed by atoms with E-state index in [0.717, 1.165) is 36.8 Å². The number of amidine groups is 1. The number of thioether (sulfide) groups is 1. The Kier molecular flexibility index (Phi) is 6.90. The zero-order valence-electron chi connectivity index (χ0n) is 18.0. The first kappa shape index (κ1) is 22.1. The molecule has 6 heteroatoms. The number of carboxylic acids is 1. The van der Waals surface area contributed by atoms with Gasteiger partial charge in [-0.3, -0.25) is 9.69 Å². The molecule has 0 bridgehead atoms. The smallest absolute Gasteiger partial charge is 0.335 e. The van der Waals surface area contributed by atoms with Gasteiger partial charge in [0.15, 0.2) is 5.17 Å². The first-order valence-electron chi connectivity index (χ1n) is 10.9. The minimum atomic E-state index is -0.992. The van der Waals surface area contributed by atoms with Crippen LogP contribution in [0.15, 0.2) is 76.1 Å². The summed E-state index contributed by atoms with van der Waals surface area (Å²) >= 11 is 1.37. The zero-order chi connectivity index (χ0) is 22.5. The summed E-state index contributed by atoms with van der Waals surface area (Å²) in [5.74, 6) is -1.01. The number of amides is 1. The predicted molar refractivity (Wildman–Crippen MR) is 130 cm³/mol. The maximum Gasteiger partial charge on any atom is 0.335 e. The standard InChI is InChI=1S/C26H26N2O3S/c1-18(15-19-9-4-2-5-10-19)16-23-24(29)28(22-13-6-3-7-14-22)26(32-23)27-21-12-8-11-20(17-21)25(30)31/h2,4-5,8-12,15-17,22H,3,6-7,13-14H2,1H3,(H,30,31)/b18-15+,23-16-,27-26?. The van der Waals surface area contributed by atoms with Crippen LogP contribution < -0.4 is 0 Å². The van der Waals surface area contributed by atoms with E-state index in [4.69, 9.17) is 4.99 Å². The van der Waals surface area contributed by atoms with Crippen molar-refractivity contribution in [2.24, 2.45) is 4.99 Å². The lowest BCUT2D eigenvalue weighted by Crippen LogP contribution is -2.40. The Balaban J connectivity index is 1.68. The Bertz CT molecular complexity index is 1100. The normalized spacial score (nSPS) is 20.3. The minimum absolute atomic E-state index is 0.0177. The summed E-state index contributed by atoms with van der Waals surface area (Å²) in [4.78, 5) is 31.9. The summed E-state index contributed by atoms with van der Waals surface area (Å²) in [6.45, 7) is 1.99. The number of benzene rings is 2. The lowest BCUT2D eigenvalue weighted by molar-refractivity contribution is -0.124. The number of carbonyl (C=O) groups excluding carboxylic acids is 1. The average Bonchev–Trinajstić information content (AvgIpc) is 3.09. The van der Waals surface area contributed by atoms with Crippen LogP contribution in [0.2, 0.25) is 0 Å². The number of allylic oxidation sites excluding steroid dienone is 2. The molecule has 2 aliphatic rings. The van der Waals surface area contributed by atoms with Crippen LogP contribution in [0.3, 0.4) is 0 Å².